The zero-order chi connectivity index (χ0) is 16.7. The lowest BCUT2D eigenvalue weighted by molar-refractivity contribution is -0.120. The molecule has 0 unspecified atom stereocenters. The third kappa shape index (κ3) is 4.98. The minimum atomic E-state index is -0.394. The van der Waals surface area contributed by atoms with Crippen LogP contribution in [0.1, 0.15) is 11.1 Å². The molecule has 1 N–H and O–H groups in total. The second-order valence-corrected chi connectivity index (χ2v) is 5.09. The van der Waals surface area contributed by atoms with Gasteiger partial charge in [-0.25, -0.2) is 4.39 Å². The fourth-order valence-electron chi connectivity index (χ4n) is 2.20. The Morgan fingerprint density at radius 1 is 1.04 bits per heavy atom. The van der Waals surface area contributed by atoms with Crippen molar-refractivity contribution < 1.29 is 18.7 Å². The molecule has 0 aromatic heterocycles. The number of halogens is 1. The standard InChI is InChI=1S/C18H20FNO3/c1-22-15-6-3-13(4-7-15)12-18(21)20-10-9-14-5-8-17(23-2)16(19)11-14/h3-8,11H,9-10,12H2,1-2H3,(H,20,21). The van der Waals surface area contributed by atoms with E-state index in [9.17, 15) is 9.18 Å². The summed E-state index contributed by atoms with van der Waals surface area (Å²) in [6, 6.07) is 12.2. The SMILES string of the molecule is COc1ccc(CC(=O)NCCc2ccc(OC)c(F)c2)cc1. The lowest BCUT2D eigenvalue weighted by Crippen LogP contribution is -2.27. The number of ether oxygens (including phenoxy) is 2. The highest BCUT2D eigenvalue weighted by atomic mass is 19.1. The topological polar surface area (TPSA) is 47.6 Å². The van der Waals surface area contributed by atoms with E-state index in [2.05, 4.69) is 5.32 Å². The van der Waals surface area contributed by atoms with Gasteiger partial charge in [-0.3, -0.25) is 4.79 Å². The zero-order valence-electron chi connectivity index (χ0n) is 13.3. The molecule has 0 spiro atoms. The van der Waals surface area contributed by atoms with Gasteiger partial charge in [-0.15, -0.1) is 0 Å². The first-order chi connectivity index (χ1) is 11.1. The summed E-state index contributed by atoms with van der Waals surface area (Å²) in [5, 5.41) is 2.83. The average Bonchev–Trinajstić information content (AvgIpc) is 2.56. The van der Waals surface area contributed by atoms with Crippen molar-refractivity contribution in [3.63, 3.8) is 0 Å². The van der Waals surface area contributed by atoms with Gasteiger partial charge in [-0.05, 0) is 41.8 Å². The Labute approximate surface area is 135 Å². The maximum absolute atomic E-state index is 13.6. The largest absolute Gasteiger partial charge is 0.497 e. The van der Waals surface area contributed by atoms with Gasteiger partial charge in [0.25, 0.3) is 0 Å². The highest BCUT2D eigenvalue weighted by molar-refractivity contribution is 5.78. The molecule has 4 nitrogen and oxygen atoms in total. The maximum atomic E-state index is 13.6. The van der Waals surface area contributed by atoms with Gasteiger partial charge in [0.05, 0.1) is 20.6 Å². The number of hydrogen-bond acceptors (Lipinski definition) is 3. The number of nitrogens with one attached hydrogen (secondary N) is 1. The third-order valence-electron chi connectivity index (χ3n) is 3.48. The van der Waals surface area contributed by atoms with Crippen molar-refractivity contribution in [2.45, 2.75) is 12.8 Å². The summed E-state index contributed by atoms with van der Waals surface area (Å²) >= 11 is 0. The lowest BCUT2D eigenvalue weighted by Gasteiger charge is -2.07. The van der Waals surface area contributed by atoms with Crippen LogP contribution in [0.2, 0.25) is 0 Å². The van der Waals surface area contributed by atoms with E-state index in [4.69, 9.17) is 9.47 Å². The molecule has 2 rings (SSSR count). The highest BCUT2D eigenvalue weighted by Gasteiger charge is 2.06. The second kappa shape index (κ2) is 8.17. The highest BCUT2D eigenvalue weighted by Crippen LogP contribution is 2.17. The smallest absolute Gasteiger partial charge is 0.224 e. The molecule has 0 saturated carbocycles. The van der Waals surface area contributed by atoms with E-state index in [1.165, 1.54) is 13.2 Å². The fraction of sp³-hybridized carbons (Fsp3) is 0.278. The predicted octanol–water partition coefficient (Wildman–Crippen LogP) is 2.74. The minimum absolute atomic E-state index is 0.0656. The van der Waals surface area contributed by atoms with Gasteiger partial charge in [0, 0.05) is 6.54 Å². The lowest BCUT2D eigenvalue weighted by atomic mass is 10.1. The van der Waals surface area contributed by atoms with Crippen LogP contribution in [0.5, 0.6) is 11.5 Å². The van der Waals surface area contributed by atoms with Crippen molar-refractivity contribution in [3.05, 3.63) is 59.4 Å². The van der Waals surface area contributed by atoms with E-state index < -0.39 is 5.82 Å². The van der Waals surface area contributed by atoms with Crippen LogP contribution in [-0.2, 0) is 17.6 Å². The van der Waals surface area contributed by atoms with E-state index in [1.54, 1.807) is 19.2 Å². The van der Waals surface area contributed by atoms with Crippen LogP contribution in [0.15, 0.2) is 42.5 Å². The Morgan fingerprint density at radius 3 is 2.35 bits per heavy atom. The molecular weight excluding hydrogens is 297 g/mol. The van der Waals surface area contributed by atoms with Crippen molar-refractivity contribution in [2.75, 3.05) is 20.8 Å². The molecule has 0 aliphatic carbocycles. The summed E-state index contributed by atoms with van der Waals surface area (Å²) < 4.78 is 23.5. The number of benzene rings is 2. The first-order valence-electron chi connectivity index (χ1n) is 7.34. The molecule has 0 aliphatic heterocycles. The third-order valence-corrected chi connectivity index (χ3v) is 3.48. The van der Waals surface area contributed by atoms with Gasteiger partial charge in [0.15, 0.2) is 11.6 Å². The Kier molecular flexibility index (Phi) is 5.97. The molecule has 0 bridgehead atoms. The summed E-state index contributed by atoms with van der Waals surface area (Å²) in [6.07, 6.45) is 0.871. The summed E-state index contributed by atoms with van der Waals surface area (Å²) in [6.45, 7) is 0.459. The van der Waals surface area contributed by atoms with Crippen molar-refractivity contribution in [1.29, 1.82) is 0 Å². The molecule has 0 radical (unpaired) electrons. The molecule has 0 atom stereocenters. The van der Waals surface area contributed by atoms with Gasteiger partial charge in [-0.1, -0.05) is 18.2 Å². The van der Waals surface area contributed by atoms with Gasteiger partial charge in [-0.2, -0.15) is 0 Å². The van der Waals surface area contributed by atoms with Crippen LogP contribution in [0.4, 0.5) is 4.39 Å². The van der Waals surface area contributed by atoms with Crippen LogP contribution < -0.4 is 14.8 Å². The number of rotatable bonds is 7. The van der Waals surface area contributed by atoms with Crippen LogP contribution >= 0.6 is 0 Å². The molecule has 122 valence electrons. The van der Waals surface area contributed by atoms with Crippen LogP contribution in [0.3, 0.4) is 0 Å². The molecular formula is C18H20FNO3. The monoisotopic (exact) mass is 317 g/mol. The molecule has 23 heavy (non-hydrogen) atoms. The van der Waals surface area contributed by atoms with E-state index in [0.29, 0.717) is 19.4 Å². The van der Waals surface area contributed by atoms with Crippen molar-refractivity contribution in [1.82, 2.24) is 5.32 Å². The minimum Gasteiger partial charge on any atom is -0.497 e. The quantitative estimate of drug-likeness (QED) is 0.854. The normalized spacial score (nSPS) is 10.2. The number of amides is 1. The zero-order valence-corrected chi connectivity index (χ0v) is 13.3. The van der Waals surface area contributed by atoms with E-state index in [0.717, 1.165) is 16.9 Å². The number of hydrogen-bond donors (Lipinski definition) is 1. The van der Waals surface area contributed by atoms with E-state index >= 15 is 0 Å². The molecule has 0 saturated heterocycles. The Bertz CT molecular complexity index is 656. The molecule has 0 heterocycles. The predicted molar refractivity (Wildman–Crippen MR) is 86.4 cm³/mol. The van der Waals surface area contributed by atoms with Gasteiger partial charge in [0.1, 0.15) is 5.75 Å². The summed E-state index contributed by atoms with van der Waals surface area (Å²) in [4.78, 5) is 11.9. The fourth-order valence-corrected chi connectivity index (χ4v) is 2.20. The van der Waals surface area contributed by atoms with Gasteiger partial charge >= 0.3 is 0 Å². The van der Waals surface area contributed by atoms with Gasteiger partial charge in [0.2, 0.25) is 5.91 Å². The second-order valence-electron chi connectivity index (χ2n) is 5.09. The first kappa shape index (κ1) is 16.8. The van der Waals surface area contributed by atoms with E-state index in [1.807, 2.05) is 24.3 Å². The first-order valence-corrected chi connectivity index (χ1v) is 7.34. The van der Waals surface area contributed by atoms with Crippen molar-refractivity contribution in [2.24, 2.45) is 0 Å². The Balaban J connectivity index is 1.79. The van der Waals surface area contributed by atoms with Crippen molar-refractivity contribution >= 4 is 5.91 Å². The number of carbonyl (C=O) groups excluding carboxylic acids is 1. The molecule has 0 fully saturated rings. The van der Waals surface area contributed by atoms with E-state index in [-0.39, 0.29) is 11.7 Å². The molecule has 2 aromatic carbocycles. The Morgan fingerprint density at radius 2 is 1.74 bits per heavy atom. The van der Waals surface area contributed by atoms with Crippen LogP contribution in [0.25, 0.3) is 0 Å². The summed E-state index contributed by atoms with van der Waals surface area (Å²) in [5.41, 5.74) is 1.73. The number of methoxy groups -OCH3 is 2. The number of carbonyl (C=O) groups is 1. The molecule has 2 aromatic rings. The van der Waals surface area contributed by atoms with Crippen LogP contribution in [-0.4, -0.2) is 26.7 Å². The Hall–Kier alpha value is -2.56. The summed E-state index contributed by atoms with van der Waals surface area (Å²) in [5.74, 6) is 0.520. The molecule has 1 amide bonds. The van der Waals surface area contributed by atoms with Gasteiger partial charge < -0.3 is 14.8 Å². The average molecular weight is 317 g/mol. The van der Waals surface area contributed by atoms with Crippen molar-refractivity contribution in [3.8, 4) is 11.5 Å². The van der Waals surface area contributed by atoms with Crippen LogP contribution in [0, 0.1) is 5.82 Å². The molecule has 5 heteroatoms. The maximum Gasteiger partial charge on any atom is 0.224 e. The molecule has 0 aliphatic rings. The summed E-state index contributed by atoms with van der Waals surface area (Å²) in [7, 11) is 3.03.